The number of nitrogens with zero attached hydrogens (tertiary/aromatic N) is 2. The molecule has 2 N–H and O–H groups in total. The molecule has 2 aromatic heterocycles. The molecule has 6 heteroatoms. The Labute approximate surface area is 109 Å². The van der Waals surface area contributed by atoms with Crippen molar-refractivity contribution in [1.29, 1.82) is 0 Å². The highest BCUT2D eigenvalue weighted by Gasteiger charge is 2.10. The number of carboxylic acids is 1. The summed E-state index contributed by atoms with van der Waals surface area (Å²) in [5.41, 5.74) is 1.05. The number of nitrogens with one attached hydrogen (secondary N) is 1. The molecule has 0 aromatic carbocycles. The van der Waals surface area contributed by atoms with E-state index in [1.165, 1.54) is 11.3 Å². The van der Waals surface area contributed by atoms with Crippen LogP contribution in [0.1, 0.15) is 20.1 Å². The molecule has 0 aliphatic carbocycles. The van der Waals surface area contributed by atoms with Crippen molar-refractivity contribution in [3.8, 4) is 0 Å². The van der Waals surface area contributed by atoms with Gasteiger partial charge in [0.15, 0.2) is 0 Å². The maximum absolute atomic E-state index is 10.8. The predicted molar refractivity (Wildman–Crippen MR) is 69.9 cm³/mol. The van der Waals surface area contributed by atoms with Gasteiger partial charge in [0.1, 0.15) is 4.88 Å². The third kappa shape index (κ3) is 3.18. The molecular weight excluding hydrogens is 250 g/mol. The summed E-state index contributed by atoms with van der Waals surface area (Å²) in [6.07, 6.45) is 3.67. The molecule has 0 aliphatic rings. The van der Waals surface area contributed by atoms with Crippen molar-refractivity contribution in [2.75, 3.05) is 6.54 Å². The number of hydrogen-bond donors (Lipinski definition) is 2. The van der Waals surface area contributed by atoms with E-state index < -0.39 is 5.97 Å². The number of hydrogen-bond acceptors (Lipinski definition) is 4. The fourth-order valence-electron chi connectivity index (χ4n) is 1.65. The number of aromatic nitrogens is 2. The molecule has 0 saturated carbocycles. The summed E-state index contributed by atoms with van der Waals surface area (Å²) in [4.78, 5) is 12.3. The molecule has 0 bridgehead atoms. The molecule has 0 saturated heterocycles. The smallest absolute Gasteiger partial charge is 0.345 e. The van der Waals surface area contributed by atoms with E-state index in [9.17, 15) is 4.79 Å². The van der Waals surface area contributed by atoms with Crippen molar-refractivity contribution in [3.05, 3.63) is 39.8 Å². The number of aryl methyl sites for hydroxylation is 1. The fourth-order valence-corrected chi connectivity index (χ4v) is 2.53. The minimum atomic E-state index is -0.856. The highest BCUT2D eigenvalue weighted by Crippen LogP contribution is 2.21. The molecular formula is C12H15N3O2S. The molecule has 0 atom stereocenters. The van der Waals surface area contributed by atoms with Crippen LogP contribution in [-0.2, 0) is 13.1 Å². The summed E-state index contributed by atoms with van der Waals surface area (Å²) in [5.74, 6) is -0.856. The Morgan fingerprint density at radius 2 is 2.44 bits per heavy atom. The zero-order valence-electron chi connectivity index (χ0n) is 10.1. The molecule has 0 fully saturated rings. The minimum Gasteiger partial charge on any atom is -0.477 e. The molecule has 0 aliphatic heterocycles. The zero-order chi connectivity index (χ0) is 13.0. The van der Waals surface area contributed by atoms with E-state index >= 15 is 0 Å². The Bertz CT molecular complexity index is 519. The van der Waals surface area contributed by atoms with Crippen LogP contribution in [0.15, 0.2) is 24.5 Å². The molecule has 2 aromatic rings. The van der Waals surface area contributed by atoms with Crippen LogP contribution in [-0.4, -0.2) is 27.4 Å². The maximum atomic E-state index is 10.8. The quantitative estimate of drug-likeness (QED) is 0.781. The van der Waals surface area contributed by atoms with Crippen LogP contribution >= 0.6 is 11.3 Å². The Morgan fingerprint density at radius 1 is 1.61 bits per heavy atom. The van der Waals surface area contributed by atoms with E-state index in [1.54, 1.807) is 12.3 Å². The van der Waals surface area contributed by atoms with Crippen LogP contribution in [0.25, 0.3) is 0 Å². The van der Waals surface area contributed by atoms with E-state index in [0.29, 0.717) is 11.4 Å². The fraction of sp³-hybridized carbons (Fsp3) is 0.333. The molecule has 0 unspecified atom stereocenters. The van der Waals surface area contributed by atoms with Crippen molar-refractivity contribution in [1.82, 2.24) is 15.1 Å². The normalized spacial score (nSPS) is 10.7. The molecule has 96 valence electrons. The van der Waals surface area contributed by atoms with Gasteiger partial charge >= 0.3 is 5.97 Å². The highest BCUT2D eigenvalue weighted by molar-refractivity contribution is 7.14. The van der Waals surface area contributed by atoms with Crippen molar-refractivity contribution < 1.29 is 9.90 Å². The molecule has 0 amide bonds. The third-order valence-electron chi connectivity index (χ3n) is 2.62. The molecule has 0 radical (unpaired) electrons. The van der Waals surface area contributed by atoms with Gasteiger partial charge < -0.3 is 10.4 Å². The predicted octanol–water partition coefficient (Wildman–Crippen LogP) is 1.74. The first-order valence-electron chi connectivity index (χ1n) is 5.67. The van der Waals surface area contributed by atoms with E-state index in [2.05, 4.69) is 10.4 Å². The average Bonchev–Trinajstić information content (AvgIpc) is 2.94. The largest absolute Gasteiger partial charge is 0.477 e. The Morgan fingerprint density at radius 3 is 3.06 bits per heavy atom. The van der Waals surface area contributed by atoms with E-state index in [-0.39, 0.29) is 0 Å². The maximum Gasteiger partial charge on any atom is 0.345 e. The van der Waals surface area contributed by atoms with Gasteiger partial charge in [-0.1, -0.05) is 0 Å². The van der Waals surface area contributed by atoms with Crippen LogP contribution in [0.5, 0.6) is 0 Å². The first-order valence-corrected chi connectivity index (χ1v) is 6.49. The van der Waals surface area contributed by atoms with Gasteiger partial charge in [-0.15, -0.1) is 11.3 Å². The van der Waals surface area contributed by atoms with Gasteiger partial charge in [-0.3, -0.25) is 4.68 Å². The molecule has 2 heterocycles. The number of aromatic carboxylic acids is 1. The van der Waals surface area contributed by atoms with Gasteiger partial charge in [0.05, 0.1) is 6.54 Å². The van der Waals surface area contributed by atoms with E-state index in [4.69, 9.17) is 5.11 Å². The standard InChI is InChI=1S/C12H15N3O2S/c1-9-10(7-11(18-9)12(16)17)8-13-4-6-15-5-2-3-14-15/h2-3,5,7,13H,4,6,8H2,1H3,(H,16,17). The van der Waals surface area contributed by atoms with E-state index in [0.717, 1.165) is 23.5 Å². The summed E-state index contributed by atoms with van der Waals surface area (Å²) in [6, 6.07) is 3.63. The summed E-state index contributed by atoms with van der Waals surface area (Å²) in [7, 11) is 0. The topological polar surface area (TPSA) is 67.2 Å². The molecule has 0 spiro atoms. The van der Waals surface area contributed by atoms with Crippen LogP contribution in [0.4, 0.5) is 0 Å². The lowest BCUT2D eigenvalue weighted by Gasteiger charge is -2.04. The number of rotatable bonds is 6. The third-order valence-corrected chi connectivity index (χ3v) is 3.70. The molecule has 2 rings (SSSR count). The summed E-state index contributed by atoms with van der Waals surface area (Å²) >= 11 is 1.32. The average molecular weight is 265 g/mol. The molecule has 18 heavy (non-hydrogen) atoms. The monoisotopic (exact) mass is 265 g/mol. The zero-order valence-corrected chi connectivity index (χ0v) is 10.9. The van der Waals surface area contributed by atoms with Crippen LogP contribution in [0.3, 0.4) is 0 Å². The SMILES string of the molecule is Cc1sc(C(=O)O)cc1CNCCn1cccn1. The van der Waals surface area contributed by atoms with Crippen molar-refractivity contribution >= 4 is 17.3 Å². The van der Waals surface area contributed by atoms with Gasteiger partial charge in [0, 0.05) is 30.4 Å². The second kappa shape index (κ2) is 5.79. The van der Waals surface area contributed by atoms with Crippen LogP contribution in [0.2, 0.25) is 0 Å². The number of carboxylic acid groups (broad SMARTS) is 1. The van der Waals surface area contributed by atoms with Gasteiger partial charge in [0.2, 0.25) is 0 Å². The second-order valence-electron chi connectivity index (χ2n) is 3.94. The molecule has 5 nitrogen and oxygen atoms in total. The van der Waals surface area contributed by atoms with Gasteiger partial charge in [-0.25, -0.2) is 4.79 Å². The second-order valence-corrected chi connectivity index (χ2v) is 5.20. The van der Waals surface area contributed by atoms with Crippen LogP contribution < -0.4 is 5.32 Å². The summed E-state index contributed by atoms with van der Waals surface area (Å²) in [5, 5.41) is 16.3. The minimum absolute atomic E-state index is 0.399. The Kier molecular flexibility index (Phi) is 4.11. The van der Waals surface area contributed by atoms with E-state index in [1.807, 2.05) is 23.9 Å². The Hall–Kier alpha value is -1.66. The highest BCUT2D eigenvalue weighted by atomic mass is 32.1. The van der Waals surface area contributed by atoms with Gasteiger partial charge in [-0.2, -0.15) is 5.10 Å². The number of thiophene rings is 1. The Balaban J connectivity index is 1.81. The lowest BCUT2D eigenvalue weighted by molar-refractivity contribution is 0.0702. The van der Waals surface area contributed by atoms with Gasteiger partial charge in [-0.05, 0) is 24.6 Å². The summed E-state index contributed by atoms with van der Waals surface area (Å²) < 4.78 is 1.86. The van der Waals surface area contributed by atoms with Crippen molar-refractivity contribution in [2.24, 2.45) is 0 Å². The first kappa shape index (κ1) is 12.8. The van der Waals surface area contributed by atoms with Crippen molar-refractivity contribution in [3.63, 3.8) is 0 Å². The van der Waals surface area contributed by atoms with Gasteiger partial charge in [0.25, 0.3) is 0 Å². The first-order chi connectivity index (χ1) is 8.66. The van der Waals surface area contributed by atoms with Crippen LogP contribution in [0, 0.1) is 6.92 Å². The van der Waals surface area contributed by atoms with Crippen molar-refractivity contribution in [2.45, 2.75) is 20.0 Å². The lowest BCUT2D eigenvalue weighted by Crippen LogP contribution is -2.19. The number of carbonyl (C=O) groups is 1. The lowest BCUT2D eigenvalue weighted by atomic mass is 10.2. The summed E-state index contributed by atoms with van der Waals surface area (Å²) in [6.45, 7) is 4.25.